The van der Waals surface area contributed by atoms with Gasteiger partial charge in [0, 0.05) is 6.42 Å². The van der Waals surface area contributed by atoms with E-state index < -0.39 is 0 Å². The summed E-state index contributed by atoms with van der Waals surface area (Å²) in [6, 6.07) is 0. The highest BCUT2D eigenvalue weighted by atomic mass is 16.5. The molecule has 0 heterocycles. The van der Waals surface area contributed by atoms with Crippen molar-refractivity contribution in [3.8, 4) is 0 Å². The first-order valence-electron chi connectivity index (χ1n) is 9.16. The summed E-state index contributed by atoms with van der Waals surface area (Å²) in [6.45, 7) is 5.48. The van der Waals surface area contributed by atoms with Crippen molar-refractivity contribution >= 4 is 0 Å². The van der Waals surface area contributed by atoms with Gasteiger partial charge in [0.2, 0.25) is 0 Å². The maximum Gasteiger partial charge on any atom is 0.0948 e. The molecule has 0 radical (unpaired) electrons. The zero-order valence-corrected chi connectivity index (χ0v) is 14.0. The molecule has 0 bridgehead atoms. The van der Waals surface area contributed by atoms with Crippen LogP contribution >= 0.6 is 0 Å². The van der Waals surface area contributed by atoms with Crippen LogP contribution in [0.3, 0.4) is 0 Å². The van der Waals surface area contributed by atoms with Gasteiger partial charge in [-0.15, -0.1) is 0 Å². The Hall–Kier alpha value is -0.460. The van der Waals surface area contributed by atoms with Crippen molar-refractivity contribution in [2.24, 2.45) is 0 Å². The predicted molar refractivity (Wildman–Crippen MR) is 89.0 cm³/mol. The lowest BCUT2D eigenvalue weighted by Gasteiger charge is -2.18. The predicted octanol–water partition coefficient (Wildman–Crippen LogP) is 6.77. The van der Waals surface area contributed by atoms with E-state index in [1.165, 1.54) is 101 Å². The highest BCUT2D eigenvalue weighted by molar-refractivity contribution is 5.08. The number of rotatable bonds is 12. The second-order valence-electron chi connectivity index (χ2n) is 6.44. The molecule has 0 saturated carbocycles. The van der Waals surface area contributed by atoms with Crippen LogP contribution in [-0.2, 0) is 4.74 Å². The lowest BCUT2D eigenvalue weighted by atomic mass is 9.99. The fourth-order valence-corrected chi connectivity index (χ4v) is 3.01. The molecule has 0 aromatic rings. The molecule has 0 unspecified atom stereocenters. The summed E-state index contributed by atoms with van der Waals surface area (Å²) in [6.07, 6.45) is 19.1. The summed E-state index contributed by atoms with van der Waals surface area (Å²) < 4.78 is 5.95. The third kappa shape index (κ3) is 8.66. The molecule has 1 aliphatic rings. The first-order valence-corrected chi connectivity index (χ1v) is 9.16. The van der Waals surface area contributed by atoms with Gasteiger partial charge in [0.15, 0.2) is 0 Å². The van der Waals surface area contributed by atoms with Crippen LogP contribution in [0.1, 0.15) is 104 Å². The van der Waals surface area contributed by atoms with Crippen molar-refractivity contribution in [2.45, 2.75) is 104 Å². The smallest absolute Gasteiger partial charge is 0.0948 e. The van der Waals surface area contributed by atoms with E-state index in [1.54, 1.807) is 0 Å². The summed E-state index contributed by atoms with van der Waals surface area (Å²) in [5.41, 5.74) is 1.50. The van der Waals surface area contributed by atoms with E-state index >= 15 is 0 Å². The number of hydrogen-bond acceptors (Lipinski definition) is 1. The van der Waals surface area contributed by atoms with E-state index in [0.29, 0.717) is 0 Å². The summed E-state index contributed by atoms with van der Waals surface area (Å²) in [5.74, 6) is 1.31. The molecule has 1 heteroatoms. The van der Waals surface area contributed by atoms with Crippen LogP contribution in [0.15, 0.2) is 11.3 Å². The monoisotopic (exact) mass is 280 g/mol. The SMILES string of the molecule is CCCCCCCCCCCCOC1=C(C)CCCC1. The molecular formula is C19H36O. The van der Waals surface area contributed by atoms with Gasteiger partial charge >= 0.3 is 0 Å². The zero-order valence-electron chi connectivity index (χ0n) is 14.0. The van der Waals surface area contributed by atoms with E-state index in [-0.39, 0.29) is 0 Å². The van der Waals surface area contributed by atoms with Gasteiger partial charge in [0.25, 0.3) is 0 Å². The second-order valence-corrected chi connectivity index (χ2v) is 6.44. The molecule has 1 aliphatic carbocycles. The molecule has 0 fully saturated rings. The minimum absolute atomic E-state index is 0.948. The van der Waals surface area contributed by atoms with Crippen LogP contribution in [-0.4, -0.2) is 6.61 Å². The molecule has 20 heavy (non-hydrogen) atoms. The van der Waals surface area contributed by atoms with Crippen LogP contribution < -0.4 is 0 Å². The fraction of sp³-hybridized carbons (Fsp3) is 0.895. The molecule has 1 nitrogen and oxygen atoms in total. The van der Waals surface area contributed by atoms with E-state index in [4.69, 9.17) is 4.74 Å². The Bertz CT molecular complexity index is 254. The first-order chi connectivity index (χ1) is 9.84. The molecule has 0 aromatic heterocycles. The molecule has 0 amide bonds. The van der Waals surface area contributed by atoms with Crippen molar-refractivity contribution < 1.29 is 4.74 Å². The normalized spacial score (nSPS) is 15.7. The Kier molecular flexibility index (Phi) is 10.8. The zero-order chi connectivity index (χ0) is 14.5. The van der Waals surface area contributed by atoms with E-state index in [2.05, 4.69) is 13.8 Å². The Labute approximate surface area is 127 Å². The minimum Gasteiger partial charge on any atom is -0.498 e. The van der Waals surface area contributed by atoms with E-state index in [1.807, 2.05) is 0 Å². The van der Waals surface area contributed by atoms with Crippen molar-refractivity contribution in [3.05, 3.63) is 11.3 Å². The van der Waals surface area contributed by atoms with Gasteiger partial charge in [-0.25, -0.2) is 0 Å². The Balaban J connectivity index is 1.83. The topological polar surface area (TPSA) is 9.23 Å². The number of hydrogen-bond donors (Lipinski definition) is 0. The average molecular weight is 280 g/mol. The van der Waals surface area contributed by atoms with Crippen LogP contribution in [0.4, 0.5) is 0 Å². The second kappa shape index (κ2) is 12.3. The van der Waals surface area contributed by atoms with Gasteiger partial charge < -0.3 is 4.74 Å². The van der Waals surface area contributed by atoms with Crippen LogP contribution in [0.2, 0.25) is 0 Å². The summed E-state index contributed by atoms with van der Waals surface area (Å²) in [5, 5.41) is 0. The largest absolute Gasteiger partial charge is 0.498 e. The first kappa shape index (κ1) is 17.6. The summed E-state index contributed by atoms with van der Waals surface area (Å²) >= 11 is 0. The molecule has 0 spiro atoms. The molecular weight excluding hydrogens is 244 g/mol. The van der Waals surface area contributed by atoms with Crippen molar-refractivity contribution in [1.82, 2.24) is 0 Å². The van der Waals surface area contributed by atoms with Crippen LogP contribution in [0, 0.1) is 0 Å². The van der Waals surface area contributed by atoms with Crippen molar-refractivity contribution in [3.63, 3.8) is 0 Å². The third-order valence-corrected chi connectivity index (χ3v) is 4.46. The van der Waals surface area contributed by atoms with Crippen LogP contribution in [0.5, 0.6) is 0 Å². The van der Waals surface area contributed by atoms with Gasteiger partial charge in [-0.2, -0.15) is 0 Å². The maximum absolute atomic E-state index is 5.95. The van der Waals surface area contributed by atoms with Crippen molar-refractivity contribution in [2.75, 3.05) is 6.61 Å². The lowest BCUT2D eigenvalue weighted by Crippen LogP contribution is -2.03. The Morgan fingerprint density at radius 1 is 0.750 bits per heavy atom. The average Bonchev–Trinajstić information content (AvgIpc) is 2.46. The molecule has 0 saturated heterocycles. The van der Waals surface area contributed by atoms with Crippen molar-refractivity contribution in [1.29, 1.82) is 0 Å². The Morgan fingerprint density at radius 2 is 1.30 bits per heavy atom. The quantitative estimate of drug-likeness (QED) is 0.358. The summed E-state index contributed by atoms with van der Waals surface area (Å²) in [4.78, 5) is 0. The van der Waals surface area contributed by atoms with Crippen LogP contribution in [0.25, 0.3) is 0 Å². The van der Waals surface area contributed by atoms with E-state index in [0.717, 1.165) is 6.61 Å². The number of ether oxygens (including phenoxy) is 1. The van der Waals surface area contributed by atoms with Gasteiger partial charge in [-0.1, -0.05) is 64.7 Å². The van der Waals surface area contributed by atoms with Gasteiger partial charge in [0.05, 0.1) is 12.4 Å². The Morgan fingerprint density at radius 3 is 1.90 bits per heavy atom. The highest BCUT2D eigenvalue weighted by Gasteiger charge is 2.09. The minimum atomic E-state index is 0.948. The highest BCUT2D eigenvalue weighted by Crippen LogP contribution is 2.25. The summed E-state index contributed by atoms with van der Waals surface area (Å²) in [7, 11) is 0. The fourth-order valence-electron chi connectivity index (χ4n) is 3.01. The molecule has 1 rings (SSSR count). The third-order valence-electron chi connectivity index (χ3n) is 4.46. The van der Waals surface area contributed by atoms with E-state index in [9.17, 15) is 0 Å². The van der Waals surface area contributed by atoms with Gasteiger partial charge in [-0.05, 0) is 38.2 Å². The maximum atomic E-state index is 5.95. The standard InChI is InChI=1S/C19H36O/c1-3-4-5-6-7-8-9-10-11-14-17-20-19-16-13-12-15-18(19)2/h3-17H2,1-2H3. The lowest BCUT2D eigenvalue weighted by molar-refractivity contribution is 0.185. The molecule has 0 N–H and O–H groups in total. The molecule has 0 atom stereocenters. The molecule has 0 aliphatic heterocycles. The number of allylic oxidation sites excluding steroid dienone is 2. The molecule has 118 valence electrons. The molecule has 0 aromatic carbocycles. The van der Waals surface area contributed by atoms with Gasteiger partial charge in [-0.3, -0.25) is 0 Å². The number of unbranched alkanes of at least 4 members (excludes halogenated alkanes) is 9. The van der Waals surface area contributed by atoms with Gasteiger partial charge in [0.1, 0.15) is 0 Å².